The zero-order chi connectivity index (χ0) is 14.4. The lowest BCUT2D eigenvalue weighted by molar-refractivity contribution is 0.0202. The van der Waals surface area contributed by atoms with Gasteiger partial charge in [-0.05, 0) is 18.4 Å². The fraction of sp³-hybridized carbons (Fsp3) is 0.529. The fourth-order valence-corrected chi connectivity index (χ4v) is 3.09. The van der Waals surface area contributed by atoms with Gasteiger partial charge in [0.05, 0.1) is 6.10 Å². The first-order valence-electron chi connectivity index (χ1n) is 7.57. The standard InChI is InChI=1S/C17H26N2O/c1-3-11-18-15-10-12-19(13-17(15)20)16(4-2)14-8-6-5-7-9-14/h3,5-9,15-18,20H,1,4,10-13H2,2H3. The van der Waals surface area contributed by atoms with Crippen LogP contribution in [0.4, 0.5) is 0 Å². The number of nitrogens with one attached hydrogen (secondary N) is 1. The van der Waals surface area contributed by atoms with Crippen molar-refractivity contribution in [3.05, 3.63) is 48.6 Å². The molecule has 20 heavy (non-hydrogen) atoms. The van der Waals surface area contributed by atoms with Gasteiger partial charge in [0.15, 0.2) is 0 Å². The van der Waals surface area contributed by atoms with Crippen molar-refractivity contribution < 1.29 is 5.11 Å². The second-order valence-corrected chi connectivity index (χ2v) is 5.49. The molecule has 0 spiro atoms. The molecule has 0 radical (unpaired) electrons. The SMILES string of the molecule is C=CCNC1CCN(C(CC)c2ccccc2)CC1O. The summed E-state index contributed by atoms with van der Waals surface area (Å²) >= 11 is 0. The van der Waals surface area contributed by atoms with Crippen LogP contribution in [0.15, 0.2) is 43.0 Å². The van der Waals surface area contributed by atoms with Crippen molar-refractivity contribution in [1.29, 1.82) is 0 Å². The van der Waals surface area contributed by atoms with Gasteiger partial charge in [0.25, 0.3) is 0 Å². The van der Waals surface area contributed by atoms with Crippen molar-refractivity contribution in [2.24, 2.45) is 0 Å². The second-order valence-electron chi connectivity index (χ2n) is 5.49. The highest BCUT2D eigenvalue weighted by molar-refractivity contribution is 5.19. The van der Waals surface area contributed by atoms with E-state index in [-0.39, 0.29) is 12.1 Å². The second kappa shape index (κ2) is 7.58. The first kappa shape index (κ1) is 15.2. The predicted octanol–water partition coefficient (Wildman–Crippen LogP) is 2.35. The molecule has 1 aromatic rings. The van der Waals surface area contributed by atoms with Gasteiger partial charge in [0, 0.05) is 31.7 Å². The van der Waals surface area contributed by atoms with Crippen LogP contribution in [0.1, 0.15) is 31.4 Å². The summed E-state index contributed by atoms with van der Waals surface area (Å²) in [5.41, 5.74) is 1.35. The van der Waals surface area contributed by atoms with Crippen LogP contribution in [0, 0.1) is 0 Å². The molecule has 1 saturated heterocycles. The minimum Gasteiger partial charge on any atom is -0.390 e. The van der Waals surface area contributed by atoms with Crippen molar-refractivity contribution in [2.75, 3.05) is 19.6 Å². The highest BCUT2D eigenvalue weighted by atomic mass is 16.3. The van der Waals surface area contributed by atoms with E-state index in [9.17, 15) is 5.11 Å². The van der Waals surface area contributed by atoms with Crippen LogP contribution < -0.4 is 5.32 Å². The molecule has 3 heteroatoms. The Hall–Kier alpha value is -1.16. The Balaban J connectivity index is 1.98. The summed E-state index contributed by atoms with van der Waals surface area (Å²) in [6.07, 6.45) is 3.60. The largest absolute Gasteiger partial charge is 0.390 e. The normalized spacial score (nSPS) is 25.3. The summed E-state index contributed by atoms with van der Waals surface area (Å²) in [7, 11) is 0. The third-order valence-corrected chi connectivity index (χ3v) is 4.15. The quantitative estimate of drug-likeness (QED) is 0.782. The van der Waals surface area contributed by atoms with Gasteiger partial charge in [-0.3, -0.25) is 4.90 Å². The molecule has 0 aliphatic carbocycles. The molecular weight excluding hydrogens is 248 g/mol. The molecule has 1 aliphatic rings. The number of hydrogen-bond acceptors (Lipinski definition) is 3. The molecule has 0 bridgehead atoms. The minimum atomic E-state index is -0.304. The van der Waals surface area contributed by atoms with E-state index in [4.69, 9.17) is 0 Å². The molecule has 3 atom stereocenters. The van der Waals surface area contributed by atoms with E-state index in [0.29, 0.717) is 6.04 Å². The topological polar surface area (TPSA) is 35.5 Å². The number of nitrogens with zero attached hydrogens (tertiary/aromatic N) is 1. The number of aliphatic hydroxyl groups is 1. The van der Waals surface area contributed by atoms with Gasteiger partial charge < -0.3 is 10.4 Å². The van der Waals surface area contributed by atoms with E-state index in [1.54, 1.807) is 0 Å². The average molecular weight is 274 g/mol. The summed E-state index contributed by atoms with van der Waals surface area (Å²) in [6.45, 7) is 8.45. The third-order valence-electron chi connectivity index (χ3n) is 4.15. The lowest BCUT2D eigenvalue weighted by atomic mass is 9.96. The molecule has 1 fully saturated rings. The molecule has 1 heterocycles. The molecular formula is C17H26N2O. The summed E-state index contributed by atoms with van der Waals surface area (Å²) in [5.74, 6) is 0. The van der Waals surface area contributed by atoms with Crippen LogP contribution in [-0.4, -0.2) is 41.8 Å². The van der Waals surface area contributed by atoms with E-state index in [1.807, 2.05) is 6.08 Å². The predicted molar refractivity (Wildman–Crippen MR) is 83.7 cm³/mol. The molecule has 1 aliphatic heterocycles. The minimum absolute atomic E-state index is 0.192. The van der Waals surface area contributed by atoms with E-state index in [2.05, 4.69) is 54.1 Å². The lowest BCUT2D eigenvalue weighted by Gasteiger charge is -2.40. The van der Waals surface area contributed by atoms with Gasteiger partial charge in [0.1, 0.15) is 0 Å². The van der Waals surface area contributed by atoms with Gasteiger partial charge in [-0.1, -0.05) is 43.3 Å². The summed E-state index contributed by atoms with van der Waals surface area (Å²) in [6, 6.07) is 11.2. The Morgan fingerprint density at radius 2 is 2.20 bits per heavy atom. The van der Waals surface area contributed by atoms with Gasteiger partial charge in [-0.15, -0.1) is 6.58 Å². The van der Waals surface area contributed by atoms with Crippen molar-refractivity contribution >= 4 is 0 Å². The number of benzene rings is 1. The van der Waals surface area contributed by atoms with Gasteiger partial charge in [-0.25, -0.2) is 0 Å². The van der Waals surface area contributed by atoms with Crippen LogP contribution in [0.25, 0.3) is 0 Å². The van der Waals surface area contributed by atoms with Crippen LogP contribution in [-0.2, 0) is 0 Å². The van der Waals surface area contributed by atoms with Crippen LogP contribution in [0.3, 0.4) is 0 Å². The molecule has 1 aromatic carbocycles. The first-order valence-corrected chi connectivity index (χ1v) is 7.57. The van der Waals surface area contributed by atoms with E-state index < -0.39 is 0 Å². The Kier molecular flexibility index (Phi) is 5.77. The smallest absolute Gasteiger partial charge is 0.0820 e. The molecule has 3 unspecified atom stereocenters. The Bertz CT molecular complexity index is 407. The maximum Gasteiger partial charge on any atom is 0.0820 e. The highest BCUT2D eigenvalue weighted by Crippen LogP contribution is 2.27. The maximum atomic E-state index is 10.3. The summed E-state index contributed by atoms with van der Waals surface area (Å²) < 4.78 is 0. The van der Waals surface area contributed by atoms with Gasteiger partial charge in [0.2, 0.25) is 0 Å². The lowest BCUT2D eigenvalue weighted by Crippen LogP contribution is -2.53. The number of rotatable bonds is 6. The number of β-amino-alcohol motifs (C(OH)–C–C–N with tert-alkyl or cyclic N) is 1. The highest BCUT2D eigenvalue weighted by Gasteiger charge is 2.30. The van der Waals surface area contributed by atoms with Crippen molar-refractivity contribution in [2.45, 2.75) is 38.0 Å². The third kappa shape index (κ3) is 3.69. The number of piperidine rings is 1. The Labute approximate surface area is 122 Å². The number of likely N-dealkylation sites (tertiary alicyclic amines) is 1. The van der Waals surface area contributed by atoms with Crippen molar-refractivity contribution in [3.63, 3.8) is 0 Å². The molecule has 2 rings (SSSR count). The zero-order valence-electron chi connectivity index (χ0n) is 12.3. The molecule has 0 aromatic heterocycles. The van der Waals surface area contributed by atoms with Crippen molar-refractivity contribution in [3.8, 4) is 0 Å². The van der Waals surface area contributed by atoms with Gasteiger partial charge in [-0.2, -0.15) is 0 Å². The Morgan fingerprint density at radius 3 is 2.80 bits per heavy atom. The summed E-state index contributed by atoms with van der Waals surface area (Å²) in [5, 5.41) is 13.7. The summed E-state index contributed by atoms with van der Waals surface area (Å²) in [4.78, 5) is 2.41. The van der Waals surface area contributed by atoms with Crippen LogP contribution in [0.5, 0.6) is 0 Å². The fourth-order valence-electron chi connectivity index (χ4n) is 3.09. The van der Waals surface area contributed by atoms with Crippen LogP contribution >= 0.6 is 0 Å². The molecule has 110 valence electrons. The van der Waals surface area contributed by atoms with Crippen LogP contribution in [0.2, 0.25) is 0 Å². The van der Waals surface area contributed by atoms with Crippen molar-refractivity contribution in [1.82, 2.24) is 10.2 Å². The Morgan fingerprint density at radius 1 is 1.45 bits per heavy atom. The van der Waals surface area contributed by atoms with Gasteiger partial charge >= 0.3 is 0 Å². The molecule has 0 amide bonds. The first-order chi connectivity index (χ1) is 9.76. The monoisotopic (exact) mass is 274 g/mol. The molecule has 2 N–H and O–H groups in total. The maximum absolute atomic E-state index is 10.3. The molecule has 0 saturated carbocycles. The van der Waals surface area contributed by atoms with E-state index in [1.165, 1.54) is 5.56 Å². The molecule has 3 nitrogen and oxygen atoms in total. The van der Waals surface area contributed by atoms with E-state index >= 15 is 0 Å². The average Bonchev–Trinajstić information content (AvgIpc) is 2.48. The zero-order valence-corrected chi connectivity index (χ0v) is 12.3. The van der Waals surface area contributed by atoms with E-state index in [0.717, 1.165) is 32.5 Å². The number of aliphatic hydroxyl groups excluding tert-OH is 1. The number of hydrogen-bond donors (Lipinski definition) is 2.